The molecule has 270 valence electrons. The maximum absolute atomic E-state index is 9.63. The molecule has 14 N–H and O–H groups in total. The van der Waals surface area contributed by atoms with Crippen LogP contribution in [0.15, 0.2) is 68.5 Å². The van der Waals surface area contributed by atoms with E-state index in [2.05, 4.69) is 30.6 Å². The third-order valence-electron chi connectivity index (χ3n) is 5.02. The molecule has 0 bridgehead atoms. The lowest BCUT2D eigenvalue weighted by Gasteiger charge is -2.05. The molecule has 0 unspecified atom stereocenters. The first-order valence-electron chi connectivity index (χ1n) is 13.9. The Bertz CT molecular complexity index is 1440. The summed E-state index contributed by atoms with van der Waals surface area (Å²) >= 11 is 11.7. The van der Waals surface area contributed by atoms with Crippen LogP contribution in [0.2, 0.25) is 10.0 Å². The minimum atomic E-state index is -3.92. The number of nitrogens with one attached hydrogen (secondary N) is 2. The number of halogens is 2. The van der Waals surface area contributed by atoms with E-state index >= 15 is 0 Å². The maximum atomic E-state index is 9.63. The van der Waals surface area contributed by atoms with Crippen molar-refractivity contribution in [2.45, 2.75) is 25.7 Å². The summed E-state index contributed by atoms with van der Waals surface area (Å²) in [5.74, 6) is -0.589. The molecule has 18 nitrogen and oxygen atoms in total. The van der Waals surface area contributed by atoms with Crippen molar-refractivity contribution in [2.24, 2.45) is 42.9 Å². The van der Waals surface area contributed by atoms with Gasteiger partial charge in [-0.3, -0.25) is 19.1 Å². The monoisotopic (exact) mass is 756 g/mol. The number of guanidine groups is 4. The van der Waals surface area contributed by atoms with Crippen LogP contribution in [-0.4, -0.2) is 97.8 Å². The lowest BCUT2D eigenvalue weighted by Crippen LogP contribution is -2.26. The Kier molecular flexibility index (Phi) is 22.5. The molecular weight excluding hydrogens is 715 g/mol. The third-order valence-corrected chi connectivity index (χ3v) is 6.92. The van der Waals surface area contributed by atoms with Gasteiger partial charge in [-0.2, -0.15) is 26.8 Å². The molecule has 0 saturated carbocycles. The zero-order valence-corrected chi connectivity index (χ0v) is 28.9. The fraction of sp³-hybridized carbons (Fsp3) is 0.385. The van der Waals surface area contributed by atoms with Crippen LogP contribution in [-0.2, 0) is 20.2 Å². The Morgan fingerprint density at radius 3 is 1.17 bits per heavy atom. The van der Waals surface area contributed by atoms with Gasteiger partial charge in [0, 0.05) is 34.5 Å². The predicted octanol–water partition coefficient (Wildman–Crippen LogP) is 1.07. The van der Waals surface area contributed by atoms with E-state index in [9.17, 15) is 16.8 Å². The van der Waals surface area contributed by atoms with E-state index in [0.717, 1.165) is 37.1 Å². The van der Waals surface area contributed by atoms with Gasteiger partial charge >= 0.3 is 0 Å². The minimum absolute atomic E-state index is 0.124. The zero-order valence-electron chi connectivity index (χ0n) is 25.8. The number of nitrogens with zero attached hydrogens (tertiary/aromatic N) is 4. The Balaban J connectivity index is 0.00000131. The lowest BCUT2D eigenvalue weighted by atomic mass is 10.2. The highest BCUT2D eigenvalue weighted by Gasteiger charge is 2.01. The van der Waals surface area contributed by atoms with Gasteiger partial charge in [-0.1, -0.05) is 36.0 Å². The summed E-state index contributed by atoms with van der Waals surface area (Å²) in [5, 5.41) is 22.8. The Labute approximate surface area is 289 Å². The smallest absolute Gasteiger partial charge is 0.267 e. The van der Waals surface area contributed by atoms with Gasteiger partial charge < -0.3 is 43.8 Å². The SMILES string of the molecule is NC(=NCCCCCCN=C(N)/N=C(\N)Nc1ccc(Cl)cc1)/N=C(\N)Nc1ccc(Cl)cc1.O=S(=O)(O)CCO.O=S(=O)(O)CCO. The summed E-state index contributed by atoms with van der Waals surface area (Å²) in [5.41, 5.74) is 24.8. The number of aliphatic hydroxyl groups excluding tert-OH is 2. The molecule has 0 spiro atoms. The van der Waals surface area contributed by atoms with Crippen LogP contribution in [0, 0.1) is 0 Å². The second-order valence-corrected chi connectivity index (χ2v) is 13.2. The largest absolute Gasteiger partial charge is 0.395 e. The first kappa shape index (κ1) is 44.2. The van der Waals surface area contributed by atoms with E-state index in [1.165, 1.54) is 0 Å². The fourth-order valence-corrected chi connectivity index (χ4v) is 3.64. The number of hydrogen-bond donors (Lipinski definition) is 10. The third kappa shape index (κ3) is 27.4. The highest BCUT2D eigenvalue weighted by atomic mass is 35.5. The van der Waals surface area contributed by atoms with Gasteiger partial charge in [0.25, 0.3) is 20.2 Å². The van der Waals surface area contributed by atoms with Crippen molar-refractivity contribution in [1.29, 1.82) is 0 Å². The molecular formula is C26H42Cl2N10O8S2. The van der Waals surface area contributed by atoms with Gasteiger partial charge in [-0.05, 0) is 61.4 Å². The molecule has 0 fully saturated rings. The average Bonchev–Trinajstić information content (AvgIpc) is 2.96. The second-order valence-electron chi connectivity index (χ2n) is 9.17. The molecule has 0 amide bonds. The number of anilines is 2. The summed E-state index contributed by atoms with van der Waals surface area (Å²) in [6.45, 7) is 0.0655. The number of hydrogen-bond acceptors (Lipinski definition) is 8. The first-order chi connectivity index (χ1) is 22.4. The molecule has 48 heavy (non-hydrogen) atoms. The van der Waals surface area contributed by atoms with Crippen LogP contribution in [0.3, 0.4) is 0 Å². The van der Waals surface area contributed by atoms with E-state index in [0.29, 0.717) is 23.1 Å². The van der Waals surface area contributed by atoms with Crippen molar-refractivity contribution in [3.63, 3.8) is 0 Å². The van der Waals surface area contributed by atoms with Gasteiger partial charge in [-0.25, -0.2) is 0 Å². The standard InChI is InChI=1S/C22H30Cl2N10.2C2H6O4S/c23-15-5-9-17(10-6-15)31-21(27)33-19(25)29-13-3-1-2-4-14-30-20(26)34-22(28)32-18-11-7-16(24)8-12-18;2*3-1-2-7(4,5)6/h5-12H,1-4,13-14H2,(H5,25,27,29,31,33)(H5,26,28,30,32,34);2*3H,1-2H2,(H,4,5,6). The second kappa shape index (κ2) is 24.4. The van der Waals surface area contributed by atoms with Crippen LogP contribution in [0.25, 0.3) is 0 Å². The first-order valence-corrected chi connectivity index (χ1v) is 17.9. The maximum Gasteiger partial charge on any atom is 0.267 e. The molecule has 0 radical (unpaired) electrons. The summed E-state index contributed by atoms with van der Waals surface area (Å²) in [7, 11) is -7.85. The Hall–Kier alpha value is -3.76. The van der Waals surface area contributed by atoms with E-state index in [4.69, 9.17) is 65.5 Å². The molecule has 2 aromatic carbocycles. The zero-order chi connectivity index (χ0) is 36.6. The number of aliphatic hydroxyl groups is 2. The molecule has 0 aliphatic heterocycles. The van der Waals surface area contributed by atoms with E-state index in [1.807, 2.05) is 0 Å². The van der Waals surface area contributed by atoms with Gasteiger partial charge in [0.05, 0.1) is 24.7 Å². The number of nitrogens with two attached hydrogens (primary N) is 4. The quantitative estimate of drug-likeness (QED) is 0.0592. The van der Waals surface area contributed by atoms with Gasteiger partial charge in [0.1, 0.15) is 0 Å². The molecule has 0 saturated heterocycles. The predicted molar refractivity (Wildman–Crippen MR) is 192 cm³/mol. The summed E-state index contributed by atoms with van der Waals surface area (Å²) in [6, 6.07) is 14.1. The number of rotatable bonds is 13. The molecule has 22 heteroatoms. The molecule has 2 aromatic rings. The van der Waals surface area contributed by atoms with E-state index < -0.39 is 45.0 Å². The molecule has 0 atom stereocenters. The van der Waals surface area contributed by atoms with Gasteiger partial charge in [0.15, 0.2) is 0 Å². The minimum Gasteiger partial charge on any atom is -0.395 e. The van der Waals surface area contributed by atoms with Crippen molar-refractivity contribution in [2.75, 3.05) is 48.4 Å². The van der Waals surface area contributed by atoms with Crippen molar-refractivity contribution in [3.8, 4) is 0 Å². The van der Waals surface area contributed by atoms with Crippen LogP contribution >= 0.6 is 23.2 Å². The molecule has 0 aliphatic rings. The van der Waals surface area contributed by atoms with Crippen LogP contribution in [0.5, 0.6) is 0 Å². The lowest BCUT2D eigenvalue weighted by molar-refractivity contribution is 0.314. The normalized spacial score (nSPS) is 12.7. The van der Waals surface area contributed by atoms with E-state index in [1.54, 1.807) is 48.5 Å². The number of aliphatic imine (C=N–C) groups is 4. The average molecular weight is 758 g/mol. The molecule has 0 heterocycles. The Morgan fingerprint density at radius 1 is 0.604 bits per heavy atom. The van der Waals surface area contributed by atoms with Gasteiger partial charge in [-0.15, -0.1) is 0 Å². The van der Waals surface area contributed by atoms with Crippen molar-refractivity contribution in [3.05, 3.63) is 58.6 Å². The number of unbranched alkanes of at least 4 members (excludes halogenated alkanes) is 3. The fourth-order valence-electron chi connectivity index (χ4n) is 2.93. The van der Waals surface area contributed by atoms with Crippen LogP contribution in [0.1, 0.15) is 25.7 Å². The Morgan fingerprint density at radius 2 is 0.917 bits per heavy atom. The van der Waals surface area contributed by atoms with Crippen molar-refractivity contribution in [1.82, 2.24) is 0 Å². The topological polar surface area (TPSA) is 327 Å². The van der Waals surface area contributed by atoms with Crippen LogP contribution < -0.4 is 33.6 Å². The molecule has 0 aliphatic carbocycles. The van der Waals surface area contributed by atoms with E-state index in [-0.39, 0.29) is 23.8 Å². The van der Waals surface area contributed by atoms with Crippen LogP contribution in [0.4, 0.5) is 11.4 Å². The summed E-state index contributed by atoms with van der Waals surface area (Å²) < 4.78 is 54.2. The number of benzene rings is 2. The highest BCUT2D eigenvalue weighted by Crippen LogP contribution is 2.13. The van der Waals surface area contributed by atoms with Gasteiger partial charge in [0.2, 0.25) is 23.8 Å². The molecule has 2 rings (SSSR count). The summed E-state index contributed by atoms with van der Waals surface area (Å²) in [6.07, 6.45) is 3.68. The molecule has 0 aromatic heterocycles. The van der Waals surface area contributed by atoms with Crippen molar-refractivity contribution >= 4 is 78.7 Å². The highest BCUT2D eigenvalue weighted by molar-refractivity contribution is 7.86. The van der Waals surface area contributed by atoms with Crippen molar-refractivity contribution < 1.29 is 36.2 Å². The summed E-state index contributed by atoms with van der Waals surface area (Å²) in [4.78, 5) is 16.5.